The molecule has 0 spiro atoms. The molecule has 0 aliphatic carbocycles. The zero-order chi connectivity index (χ0) is 14.7. The van der Waals surface area contributed by atoms with Crippen molar-refractivity contribution in [3.05, 3.63) is 0 Å². The SMILES string of the molecule is CCC1(CC)CCN(C(C)CC(C)(NC)C(=O)O)C1. The Balaban J connectivity index is 2.65. The zero-order valence-corrected chi connectivity index (χ0v) is 13.1. The molecule has 0 amide bonds. The minimum Gasteiger partial charge on any atom is -0.480 e. The molecule has 1 heterocycles. The van der Waals surface area contributed by atoms with E-state index < -0.39 is 11.5 Å². The van der Waals surface area contributed by atoms with Crippen LogP contribution in [-0.2, 0) is 4.79 Å². The summed E-state index contributed by atoms with van der Waals surface area (Å²) in [7, 11) is 1.73. The van der Waals surface area contributed by atoms with E-state index in [4.69, 9.17) is 0 Å². The summed E-state index contributed by atoms with van der Waals surface area (Å²) in [4.78, 5) is 13.8. The van der Waals surface area contributed by atoms with Gasteiger partial charge in [-0.25, -0.2) is 0 Å². The number of nitrogens with one attached hydrogen (secondary N) is 1. The van der Waals surface area contributed by atoms with Gasteiger partial charge in [-0.05, 0) is 58.5 Å². The molecule has 1 aliphatic heterocycles. The van der Waals surface area contributed by atoms with Gasteiger partial charge in [-0.3, -0.25) is 4.79 Å². The normalized spacial score (nSPS) is 24.1. The smallest absolute Gasteiger partial charge is 0.323 e. The van der Waals surface area contributed by atoms with E-state index in [1.165, 1.54) is 19.3 Å². The highest BCUT2D eigenvalue weighted by Crippen LogP contribution is 2.38. The predicted molar refractivity (Wildman–Crippen MR) is 78.4 cm³/mol. The number of hydrogen-bond donors (Lipinski definition) is 2. The molecule has 1 rings (SSSR count). The van der Waals surface area contributed by atoms with Crippen LogP contribution in [-0.4, -0.2) is 47.7 Å². The molecule has 0 radical (unpaired) electrons. The molecule has 2 N–H and O–H groups in total. The molecule has 2 atom stereocenters. The fraction of sp³-hybridized carbons (Fsp3) is 0.933. The Morgan fingerprint density at radius 1 is 1.47 bits per heavy atom. The lowest BCUT2D eigenvalue weighted by Crippen LogP contribution is -2.52. The van der Waals surface area contributed by atoms with Crippen LogP contribution in [0.5, 0.6) is 0 Å². The maximum atomic E-state index is 11.4. The van der Waals surface area contributed by atoms with Gasteiger partial charge in [0.25, 0.3) is 0 Å². The highest BCUT2D eigenvalue weighted by atomic mass is 16.4. The summed E-state index contributed by atoms with van der Waals surface area (Å²) in [5, 5.41) is 12.3. The molecule has 0 bridgehead atoms. The summed E-state index contributed by atoms with van der Waals surface area (Å²) in [5.74, 6) is -0.765. The number of carboxylic acids is 1. The van der Waals surface area contributed by atoms with E-state index in [-0.39, 0.29) is 0 Å². The Morgan fingerprint density at radius 3 is 2.42 bits per heavy atom. The maximum absolute atomic E-state index is 11.4. The molecular formula is C15H30N2O2. The molecule has 0 saturated carbocycles. The van der Waals surface area contributed by atoms with Gasteiger partial charge in [0, 0.05) is 12.6 Å². The molecule has 4 heteroatoms. The molecule has 0 aromatic carbocycles. The third-order valence-electron chi connectivity index (χ3n) is 5.32. The van der Waals surface area contributed by atoms with Crippen LogP contribution in [0.4, 0.5) is 0 Å². The number of carboxylic acid groups (broad SMARTS) is 1. The Morgan fingerprint density at radius 2 is 2.05 bits per heavy atom. The van der Waals surface area contributed by atoms with Crippen molar-refractivity contribution < 1.29 is 9.90 Å². The Kier molecular flexibility index (Phi) is 5.39. The van der Waals surface area contributed by atoms with E-state index in [0.29, 0.717) is 17.9 Å². The predicted octanol–water partition coefficient (Wildman–Crippen LogP) is 2.34. The monoisotopic (exact) mass is 270 g/mol. The molecule has 1 fully saturated rings. The second-order valence-electron chi connectivity index (χ2n) is 6.37. The van der Waals surface area contributed by atoms with Gasteiger partial charge < -0.3 is 15.3 Å². The van der Waals surface area contributed by atoms with Crippen LogP contribution in [0.3, 0.4) is 0 Å². The van der Waals surface area contributed by atoms with Gasteiger partial charge in [0.15, 0.2) is 0 Å². The molecule has 0 aromatic rings. The van der Waals surface area contributed by atoms with E-state index in [1.54, 1.807) is 14.0 Å². The number of rotatable bonds is 7. The third-order valence-corrected chi connectivity index (χ3v) is 5.32. The lowest BCUT2D eigenvalue weighted by Gasteiger charge is -2.34. The lowest BCUT2D eigenvalue weighted by molar-refractivity contribution is -0.144. The first-order valence-corrected chi connectivity index (χ1v) is 7.49. The van der Waals surface area contributed by atoms with Crippen LogP contribution in [0, 0.1) is 5.41 Å². The highest BCUT2D eigenvalue weighted by molar-refractivity contribution is 5.78. The molecule has 2 unspecified atom stereocenters. The van der Waals surface area contributed by atoms with Gasteiger partial charge >= 0.3 is 5.97 Å². The first kappa shape index (κ1) is 16.4. The average molecular weight is 270 g/mol. The van der Waals surface area contributed by atoms with Gasteiger partial charge in [0.1, 0.15) is 5.54 Å². The standard InChI is InChI=1S/C15H30N2O2/c1-6-15(7-2)8-9-17(11-15)12(3)10-14(4,16-5)13(18)19/h12,16H,6-11H2,1-5H3,(H,18,19). The van der Waals surface area contributed by atoms with E-state index in [9.17, 15) is 9.90 Å². The summed E-state index contributed by atoms with van der Waals surface area (Å²) in [6.45, 7) is 10.7. The highest BCUT2D eigenvalue weighted by Gasteiger charge is 2.40. The number of likely N-dealkylation sites (N-methyl/N-ethyl adjacent to an activating group) is 1. The maximum Gasteiger partial charge on any atom is 0.323 e. The largest absolute Gasteiger partial charge is 0.480 e. The first-order chi connectivity index (χ1) is 8.82. The Hall–Kier alpha value is -0.610. The van der Waals surface area contributed by atoms with Crippen molar-refractivity contribution >= 4 is 5.97 Å². The molecule has 1 aliphatic rings. The second-order valence-corrected chi connectivity index (χ2v) is 6.37. The number of carbonyl (C=O) groups is 1. The quantitative estimate of drug-likeness (QED) is 0.745. The van der Waals surface area contributed by atoms with Gasteiger partial charge in [0.2, 0.25) is 0 Å². The number of hydrogen-bond acceptors (Lipinski definition) is 3. The number of likely N-dealkylation sites (tertiary alicyclic amines) is 1. The fourth-order valence-corrected chi connectivity index (χ4v) is 3.19. The van der Waals surface area contributed by atoms with E-state index in [2.05, 4.69) is 31.0 Å². The lowest BCUT2D eigenvalue weighted by atomic mass is 9.82. The molecule has 1 saturated heterocycles. The number of nitrogens with zero attached hydrogens (tertiary/aromatic N) is 1. The summed E-state index contributed by atoms with van der Waals surface area (Å²) in [6.07, 6.45) is 4.32. The summed E-state index contributed by atoms with van der Waals surface area (Å²) in [6, 6.07) is 0.300. The third kappa shape index (κ3) is 3.48. The second kappa shape index (κ2) is 6.23. The first-order valence-electron chi connectivity index (χ1n) is 7.49. The molecule has 112 valence electrons. The van der Waals surface area contributed by atoms with Crippen LogP contribution in [0.15, 0.2) is 0 Å². The van der Waals surface area contributed by atoms with Crippen LogP contribution in [0.25, 0.3) is 0 Å². The van der Waals surface area contributed by atoms with Crippen LogP contribution in [0.1, 0.15) is 53.4 Å². The van der Waals surface area contributed by atoms with Crippen LogP contribution < -0.4 is 5.32 Å². The van der Waals surface area contributed by atoms with Gasteiger partial charge in [0.05, 0.1) is 0 Å². The molecule has 4 nitrogen and oxygen atoms in total. The zero-order valence-electron chi connectivity index (χ0n) is 13.1. The summed E-state index contributed by atoms with van der Waals surface area (Å²) >= 11 is 0. The van der Waals surface area contributed by atoms with E-state index in [1.807, 2.05) is 0 Å². The van der Waals surface area contributed by atoms with Gasteiger partial charge in [-0.15, -0.1) is 0 Å². The Bertz CT molecular complexity index is 315. The van der Waals surface area contributed by atoms with Crippen molar-refractivity contribution in [3.63, 3.8) is 0 Å². The molecule has 0 aromatic heterocycles. The van der Waals surface area contributed by atoms with Crippen molar-refractivity contribution in [1.29, 1.82) is 0 Å². The topological polar surface area (TPSA) is 52.6 Å². The van der Waals surface area contributed by atoms with Crippen molar-refractivity contribution in [1.82, 2.24) is 10.2 Å². The van der Waals surface area contributed by atoms with Crippen molar-refractivity contribution in [3.8, 4) is 0 Å². The number of aliphatic carboxylic acids is 1. The molecular weight excluding hydrogens is 240 g/mol. The summed E-state index contributed by atoms with van der Waals surface area (Å²) in [5.41, 5.74) is -0.378. The summed E-state index contributed by atoms with van der Waals surface area (Å²) < 4.78 is 0. The van der Waals surface area contributed by atoms with Gasteiger partial charge in [-0.1, -0.05) is 13.8 Å². The van der Waals surface area contributed by atoms with E-state index >= 15 is 0 Å². The van der Waals surface area contributed by atoms with Crippen LogP contribution in [0.2, 0.25) is 0 Å². The van der Waals surface area contributed by atoms with Crippen molar-refractivity contribution in [2.45, 2.75) is 65.0 Å². The van der Waals surface area contributed by atoms with Crippen LogP contribution >= 0.6 is 0 Å². The minimum atomic E-state index is -0.830. The van der Waals surface area contributed by atoms with Crippen molar-refractivity contribution in [2.75, 3.05) is 20.1 Å². The van der Waals surface area contributed by atoms with E-state index in [0.717, 1.165) is 13.1 Å². The minimum absolute atomic E-state index is 0.300. The van der Waals surface area contributed by atoms with Crippen molar-refractivity contribution in [2.24, 2.45) is 5.41 Å². The fourth-order valence-electron chi connectivity index (χ4n) is 3.19. The Labute approximate surface area is 117 Å². The average Bonchev–Trinajstić information content (AvgIpc) is 2.83. The molecule has 19 heavy (non-hydrogen) atoms. The van der Waals surface area contributed by atoms with Gasteiger partial charge in [-0.2, -0.15) is 0 Å².